The quantitative estimate of drug-likeness (QED) is 0.892. The first kappa shape index (κ1) is 14.2. The molecule has 1 aromatic rings. The van der Waals surface area contributed by atoms with Crippen LogP contribution in [0.1, 0.15) is 37.3 Å². The highest BCUT2D eigenvalue weighted by Gasteiger charge is 2.35. The number of nitrogens with zero attached hydrogens (tertiary/aromatic N) is 1. The second-order valence-corrected chi connectivity index (χ2v) is 5.87. The molecule has 0 spiro atoms. The van der Waals surface area contributed by atoms with E-state index in [1.807, 2.05) is 11.9 Å². The predicted octanol–water partition coefficient (Wildman–Crippen LogP) is 3.40. The van der Waals surface area contributed by atoms with Crippen molar-refractivity contribution in [1.29, 1.82) is 0 Å². The van der Waals surface area contributed by atoms with Gasteiger partial charge in [-0.15, -0.1) is 0 Å². The van der Waals surface area contributed by atoms with Gasteiger partial charge in [-0.3, -0.25) is 0 Å². The summed E-state index contributed by atoms with van der Waals surface area (Å²) >= 11 is 0. The van der Waals surface area contributed by atoms with Crippen molar-refractivity contribution in [3.05, 3.63) is 29.3 Å². The van der Waals surface area contributed by atoms with Crippen molar-refractivity contribution >= 4 is 5.69 Å². The molecular weight excluding hydrogens is 255 g/mol. The highest BCUT2D eigenvalue weighted by molar-refractivity contribution is 5.61. The minimum absolute atomic E-state index is 0.0673. The van der Waals surface area contributed by atoms with Crippen LogP contribution in [0.4, 0.5) is 18.9 Å². The number of anilines is 1. The summed E-state index contributed by atoms with van der Waals surface area (Å²) in [5.41, 5.74) is -0.00885. The number of hydrogen-bond donors (Lipinski definition) is 1. The molecule has 2 nitrogen and oxygen atoms in total. The summed E-state index contributed by atoms with van der Waals surface area (Å²) < 4.78 is 38.3. The molecule has 0 fully saturated rings. The van der Waals surface area contributed by atoms with Crippen LogP contribution in [0.15, 0.2) is 18.2 Å². The Balaban J connectivity index is 2.38. The van der Waals surface area contributed by atoms with E-state index < -0.39 is 17.3 Å². The highest BCUT2D eigenvalue weighted by Crippen LogP contribution is 2.42. The number of alkyl halides is 3. The van der Waals surface area contributed by atoms with Crippen LogP contribution in [0, 0.1) is 0 Å². The summed E-state index contributed by atoms with van der Waals surface area (Å²) in [5.74, 6) is -0.0673. The number of fused-ring (bicyclic) bond motifs is 1. The summed E-state index contributed by atoms with van der Waals surface area (Å²) in [5, 5.41) is 9.88. The third-order valence-corrected chi connectivity index (χ3v) is 3.45. The number of rotatable bonds is 2. The molecule has 5 heteroatoms. The fraction of sp³-hybridized carbons (Fsp3) is 0.571. The molecule has 0 aliphatic carbocycles. The predicted molar refractivity (Wildman–Crippen MR) is 68.4 cm³/mol. The number of benzene rings is 1. The van der Waals surface area contributed by atoms with E-state index in [-0.39, 0.29) is 5.92 Å². The first-order chi connectivity index (χ1) is 8.58. The van der Waals surface area contributed by atoms with Gasteiger partial charge in [0.25, 0.3) is 0 Å². The zero-order valence-electron chi connectivity index (χ0n) is 11.3. The van der Waals surface area contributed by atoms with Crippen LogP contribution in [-0.2, 0) is 6.18 Å². The molecule has 1 aromatic carbocycles. The molecule has 0 bridgehead atoms. The Hall–Kier alpha value is -1.23. The second-order valence-electron chi connectivity index (χ2n) is 5.87. The van der Waals surface area contributed by atoms with Crippen LogP contribution in [0.3, 0.4) is 0 Å². The van der Waals surface area contributed by atoms with Crippen molar-refractivity contribution in [2.45, 2.75) is 38.0 Å². The number of halogens is 3. The average Bonchev–Trinajstić information content (AvgIpc) is 2.52. The average molecular weight is 273 g/mol. The SMILES string of the molecule is CN1CC(CC(C)(C)O)c2cc(C(F)(F)F)ccc21. The zero-order valence-corrected chi connectivity index (χ0v) is 11.3. The van der Waals surface area contributed by atoms with E-state index in [0.29, 0.717) is 18.5 Å². The van der Waals surface area contributed by atoms with E-state index in [1.165, 1.54) is 12.1 Å². The molecule has 1 heterocycles. The number of likely N-dealkylation sites (N-methyl/N-ethyl adjacent to an activating group) is 1. The van der Waals surface area contributed by atoms with E-state index in [1.54, 1.807) is 13.8 Å². The van der Waals surface area contributed by atoms with Crippen LogP contribution >= 0.6 is 0 Å². The third-order valence-electron chi connectivity index (χ3n) is 3.45. The van der Waals surface area contributed by atoms with Crippen LogP contribution in [0.2, 0.25) is 0 Å². The van der Waals surface area contributed by atoms with Gasteiger partial charge in [-0.25, -0.2) is 0 Å². The number of aliphatic hydroxyl groups is 1. The van der Waals surface area contributed by atoms with Gasteiger partial charge >= 0.3 is 6.18 Å². The Bertz CT molecular complexity index is 477. The van der Waals surface area contributed by atoms with Gasteiger partial charge in [0.2, 0.25) is 0 Å². The van der Waals surface area contributed by atoms with Crippen molar-refractivity contribution in [3.63, 3.8) is 0 Å². The molecule has 0 saturated heterocycles. The molecule has 1 N–H and O–H groups in total. The molecule has 0 aromatic heterocycles. The van der Waals surface area contributed by atoms with Crippen LogP contribution in [-0.4, -0.2) is 24.3 Å². The Morgan fingerprint density at radius 3 is 2.47 bits per heavy atom. The molecule has 1 atom stereocenters. The summed E-state index contributed by atoms with van der Waals surface area (Å²) in [7, 11) is 1.86. The fourth-order valence-corrected chi connectivity index (χ4v) is 2.71. The molecule has 106 valence electrons. The normalized spacial score (nSPS) is 19.7. The Labute approximate surface area is 110 Å². The van der Waals surface area contributed by atoms with Crippen molar-refractivity contribution in [3.8, 4) is 0 Å². The summed E-state index contributed by atoms with van der Waals surface area (Å²) in [6.07, 6.45) is -3.87. The van der Waals surface area contributed by atoms with E-state index in [0.717, 1.165) is 11.8 Å². The summed E-state index contributed by atoms with van der Waals surface area (Å²) in [6.45, 7) is 4.00. The largest absolute Gasteiger partial charge is 0.416 e. The molecular formula is C14H18F3NO. The van der Waals surface area contributed by atoms with Gasteiger partial charge in [0.05, 0.1) is 11.2 Å². The van der Waals surface area contributed by atoms with Crippen LogP contribution in [0.25, 0.3) is 0 Å². The van der Waals surface area contributed by atoms with Crippen LogP contribution < -0.4 is 4.90 Å². The topological polar surface area (TPSA) is 23.5 Å². The fourth-order valence-electron chi connectivity index (χ4n) is 2.71. The van der Waals surface area contributed by atoms with E-state index in [9.17, 15) is 18.3 Å². The first-order valence-corrected chi connectivity index (χ1v) is 6.22. The molecule has 0 amide bonds. The van der Waals surface area contributed by atoms with E-state index >= 15 is 0 Å². The van der Waals surface area contributed by atoms with Crippen molar-refractivity contribution in [2.24, 2.45) is 0 Å². The monoisotopic (exact) mass is 273 g/mol. The lowest BCUT2D eigenvalue weighted by atomic mass is 9.88. The lowest BCUT2D eigenvalue weighted by molar-refractivity contribution is -0.137. The maximum atomic E-state index is 12.8. The number of hydrogen-bond acceptors (Lipinski definition) is 2. The maximum absolute atomic E-state index is 12.8. The van der Waals surface area contributed by atoms with Gasteiger partial charge in [-0.1, -0.05) is 0 Å². The molecule has 0 saturated carbocycles. The third kappa shape index (κ3) is 3.03. The minimum Gasteiger partial charge on any atom is -0.390 e. The molecule has 1 aliphatic heterocycles. The van der Waals surface area contributed by atoms with Gasteiger partial charge in [-0.2, -0.15) is 13.2 Å². The van der Waals surface area contributed by atoms with E-state index in [4.69, 9.17) is 0 Å². The van der Waals surface area contributed by atoms with Crippen molar-refractivity contribution in [2.75, 3.05) is 18.5 Å². The summed E-state index contributed by atoms with van der Waals surface area (Å²) in [6, 6.07) is 3.85. The second kappa shape index (κ2) is 4.40. The molecule has 19 heavy (non-hydrogen) atoms. The van der Waals surface area contributed by atoms with Gasteiger partial charge in [0.1, 0.15) is 0 Å². The Kier molecular flexibility index (Phi) is 3.29. The smallest absolute Gasteiger partial charge is 0.390 e. The Morgan fingerprint density at radius 1 is 1.32 bits per heavy atom. The Morgan fingerprint density at radius 2 is 1.95 bits per heavy atom. The van der Waals surface area contributed by atoms with Crippen molar-refractivity contribution in [1.82, 2.24) is 0 Å². The first-order valence-electron chi connectivity index (χ1n) is 6.22. The highest BCUT2D eigenvalue weighted by atomic mass is 19.4. The molecule has 2 rings (SSSR count). The molecule has 1 unspecified atom stereocenters. The lowest BCUT2D eigenvalue weighted by Crippen LogP contribution is -2.25. The lowest BCUT2D eigenvalue weighted by Gasteiger charge is -2.22. The van der Waals surface area contributed by atoms with Gasteiger partial charge < -0.3 is 10.0 Å². The molecule has 0 radical (unpaired) electrons. The summed E-state index contributed by atoms with van der Waals surface area (Å²) in [4.78, 5) is 1.94. The zero-order chi connectivity index (χ0) is 14.4. The van der Waals surface area contributed by atoms with Gasteiger partial charge in [0, 0.05) is 25.2 Å². The minimum atomic E-state index is -4.32. The van der Waals surface area contributed by atoms with Gasteiger partial charge in [0.15, 0.2) is 0 Å². The van der Waals surface area contributed by atoms with Gasteiger partial charge in [-0.05, 0) is 44.0 Å². The molecule has 1 aliphatic rings. The van der Waals surface area contributed by atoms with E-state index in [2.05, 4.69) is 0 Å². The van der Waals surface area contributed by atoms with Crippen molar-refractivity contribution < 1.29 is 18.3 Å². The van der Waals surface area contributed by atoms with Crippen LogP contribution in [0.5, 0.6) is 0 Å². The maximum Gasteiger partial charge on any atom is 0.416 e. The standard InChI is InChI=1S/C14H18F3NO/c1-13(2,19)7-9-8-18(3)12-5-4-10(6-11(9)12)14(15,16)17/h4-6,9,19H,7-8H2,1-3H3.